The first-order chi connectivity index (χ1) is 21.7. The molecule has 2 fully saturated rings. The van der Waals surface area contributed by atoms with E-state index >= 15 is 0 Å². The van der Waals surface area contributed by atoms with Gasteiger partial charge in [-0.25, -0.2) is 4.79 Å². The van der Waals surface area contributed by atoms with Crippen molar-refractivity contribution in [1.82, 2.24) is 18.9 Å². The normalized spacial score (nSPS) is 20.5. The van der Waals surface area contributed by atoms with Crippen LogP contribution in [0.5, 0.6) is 0 Å². The van der Waals surface area contributed by atoms with E-state index in [2.05, 4.69) is 10.2 Å². The number of anilines is 1. The van der Waals surface area contributed by atoms with Crippen LogP contribution in [0.1, 0.15) is 59.3 Å². The maximum Gasteiger partial charge on any atom is 0.326 e. The fourth-order valence-corrected chi connectivity index (χ4v) is 8.45. The van der Waals surface area contributed by atoms with Gasteiger partial charge in [0.25, 0.3) is 11.0 Å². The fourth-order valence-electron chi connectivity index (χ4n) is 6.85. The molecule has 2 saturated heterocycles. The summed E-state index contributed by atoms with van der Waals surface area (Å²) in [5, 5.41) is 14.3. The third-order valence-corrected chi connectivity index (χ3v) is 10.9. The molecule has 2 amide bonds. The van der Waals surface area contributed by atoms with Crippen LogP contribution in [0, 0.1) is 0 Å². The summed E-state index contributed by atoms with van der Waals surface area (Å²) in [6.07, 6.45) is 9.05. The SMILES string of the molecule is Cn1cc(C(=O)Nc2cc(Cl)c(CC(=O)[N+]3(c4ncc(CCC(=O)O)s4)CCC[C@H]3N3CCCCC3)cc2Cl)c2ccccc21. The highest BCUT2D eigenvalue weighted by Gasteiger charge is 2.54. The van der Waals surface area contributed by atoms with Gasteiger partial charge < -0.3 is 15.0 Å². The summed E-state index contributed by atoms with van der Waals surface area (Å²) in [7, 11) is 1.89. The second kappa shape index (κ2) is 13.2. The first-order valence-electron chi connectivity index (χ1n) is 15.3. The highest BCUT2D eigenvalue weighted by molar-refractivity contribution is 7.15. The standard InChI is InChI=1S/C33H35Cl2N5O4S/c1-38-20-24(23-8-3-4-9-28(23)38)32(44)37-27-18-25(34)21(16-26(27)35)17-30(41)40(33-36-19-22(45-33)11-12-31(42)43)15-7-10-29(40)39-13-5-2-6-14-39/h3-4,8-9,16,18-20,29H,2,5-7,10-15,17H2,1H3,(H-,37,42,43,44)/p+1/t29-,40?/m0/s1. The number of thiazole rings is 1. The Labute approximate surface area is 275 Å². The van der Waals surface area contributed by atoms with Gasteiger partial charge in [-0.3, -0.25) is 14.5 Å². The number of aryl methyl sites for hydroxylation is 2. The van der Waals surface area contributed by atoms with Crippen molar-refractivity contribution < 1.29 is 19.5 Å². The van der Waals surface area contributed by atoms with Crippen molar-refractivity contribution in [2.75, 3.05) is 25.0 Å². The number of halogens is 2. The summed E-state index contributed by atoms with van der Waals surface area (Å²) in [6, 6.07) is 11.0. The van der Waals surface area contributed by atoms with Gasteiger partial charge in [0.1, 0.15) is 0 Å². The van der Waals surface area contributed by atoms with Crippen molar-refractivity contribution in [2.24, 2.45) is 7.05 Å². The number of para-hydroxylation sites is 1. The summed E-state index contributed by atoms with van der Waals surface area (Å²) in [4.78, 5) is 47.1. The number of hydrogen-bond acceptors (Lipinski definition) is 6. The van der Waals surface area contributed by atoms with Crippen LogP contribution in [0.2, 0.25) is 10.0 Å². The van der Waals surface area contributed by atoms with E-state index in [-0.39, 0.29) is 35.3 Å². The lowest BCUT2D eigenvalue weighted by Crippen LogP contribution is -2.64. The molecule has 0 bridgehead atoms. The number of aliphatic carboxylic acids is 1. The van der Waals surface area contributed by atoms with Gasteiger partial charge in [0.05, 0.1) is 35.7 Å². The molecule has 1 unspecified atom stereocenters. The Morgan fingerprint density at radius 1 is 1.09 bits per heavy atom. The van der Waals surface area contributed by atoms with Gasteiger partial charge in [-0.1, -0.05) is 59.2 Å². The van der Waals surface area contributed by atoms with E-state index in [1.165, 1.54) is 17.8 Å². The number of benzene rings is 2. The number of likely N-dealkylation sites (tertiary alicyclic amines) is 2. The molecule has 2 atom stereocenters. The van der Waals surface area contributed by atoms with Crippen LogP contribution in [-0.2, 0) is 29.5 Å². The molecule has 0 spiro atoms. The maximum atomic E-state index is 14.5. The number of amides is 2. The second-order valence-electron chi connectivity index (χ2n) is 11.9. The molecular weight excluding hydrogens is 633 g/mol. The number of carboxylic acid groups (broad SMARTS) is 1. The van der Waals surface area contributed by atoms with E-state index in [4.69, 9.17) is 28.2 Å². The van der Waals surface area contributed by atoms with Crippen LogP contribution in [0.4, 0.5) is 10.8 Å². The van der Waals surface area contributed by atoms with Crippen molar-refractivity contribution in [3.05, 3.63) is 74.8 Å². The van der Waals surface area contributed by atoms with Gasteiger partial charge >= 0.3 is 11.9 Å². The Kier molecular flexibility index (Phi) is 9.31. The number of aromatic nitrogens is 2. The van der Waals surface area contributed by atoms with Crippen molar-refractivity contribution in [2.45, 2.75) is 57.5 Å². The lowest BCUT2D eigenvalue weighted by atomic mass is 10.1. The molecular formula is C33H36Cl2N5O4S+. The monoisotopic (exact) mass is 668 g/mol. The number of hydrogen-bond donors (Lipinski definition) is 2. The maximum absolute atomic E-state index is 14.5. The Morgan fingerprint density at radius 2 is 1.87 bits per heavy atom. The summed E-state index contributed by atoms with van der Waals surface area (Å²) < 4.78 is 2.00. The number of nitrogens with one attached hydrogen (secondary N) is 1. The number of nitrogens with zero attached hydrogens (tertiary/aromatic N) is 4. The predicted molar refractivity (Wildman–Crippen MR) is 179 cm³/mol. The van der Waals surface area contributed by atoms with Gasteiger partial charge in [-0.15, -0.1) is 0 Å². The van der Waals surface area contributed by atoms with Crippen molar-refractivity contribution in [1.29, 1.82) is 0 Å². The summed E-state index contributed by atoms with van der Waals surface area (Å²) >= 11 is 14.9. The topological polar surface area (TPSA) is 105 Å². The second-order valence-corrected chi connectivity index (χ2v) is 13.8. The minimum atomic E-state index is -0.861. The predicted octanol–water partition coefficient (Wildman–Crippen LogP) is 6.89. The van der Waals surface area contributed by atoms with Gasteiger partial charge in [0.15, 0.2) is 6.17 Å². The van der Waals surface area contributed by atoms with Crippen molar-refractivity contribution >= 4 is 74.0 Å². The average Bonchev–Trinajstić information content (AvgIpc) is 3.77. The lowest BCUT2D eigenvalue weighted by Gasteiger charge is -2.41. The third kappa shape index (κ3) is 6.26. The zero-order valence-corrected chi connectivity index (χ0v) is 27.4. The van der Waals surface area contributed by atoms with Crippen molar-refractivity contribution in [3.63, 3.8) is 0 Å². The number of quaternary nitrogens is 1. The summed E-state index contributed by atoms with van der Waals surface area (Å²) in [6.45, 7) is 2.50. The first-order valence-corrected chi connectivity index (χ1v) is 16.9. The van der Waals surface area contributed by atoms with Crippen LogP contribution in [0.3, 0.4) is 0 Å². The summed E-state index contributed by atoms with van der Waals surface area (Å²) in [5.74, 6) is -1.18. The third-order valence-electron chi connectivity index (χ3n) is 9.07. The number of fused-ring (bicyclic) bond motifs is 1. The molecule has 9 nitrogen and oxygen atoms in total. The van der Waals surface area contributed by atoms with Crippen LogP contribution in [-0.4, -0.2) is 63.1 Å². The molecule has 45 heavy (non-hydrogen) atoms. The first kappa shape index (κ1) is 31.7. The molecule has 236 valence electrons. The van der Waals surface area contributed by atoms with E-state index in [9.17, 15) is 19.5 Å². The minimum absolute atomic E-state index is 0.0165. The smallest absolute Gasteiger partial charge is 0.326 e. The number of rotatable bonds is 9. The average molecular weight is 670 g/mol. The molecule has 2 aliphatic heterocycles. The van der Waals surface area contributed by atoms with E-state index in [0.717, 1.165) is 54.6 Å². The molecule has 2 N–H and O–H groups in total. The zero-order valence-electron chi connectivity index (χ0n) is 25.1. The highest BCUT2D eigenvalue weighted by atomic mass is 35.5. The molecule has 4 heterocycles. The quantitative estimate of drug-likeness (QED) is 0.188. The molecule has 12 heteroatoms. The molecule has 0 aliphatic carbocycles. The molecule has 2 aromatic heterocycles. The van der Waals surface area contributed by atoms with E-state index in [1.54, 1.807) is 24.5 Å². The molecule has 0 radical (unpaired) electrons. The Bertz CT molecular complexity index is 1760. The molecule has 4 aromatic rings. The Balaban J connectivity index is 1.28. The van der Waals surface area contributed by atoms with Crippen molar-refractivity contribution in [3.8, 4) is 0 Å². The Hall–Kier alpha value is -3.28. The molecule has 0 saturated carbocycles. The van der Waals surface area contributed by atoms with E-state index < -0.39 is 5.97 Å². The van der Waals surface area contributed by atoms with Crippen LogP contribution in [0.15, 0.2) is 48.8 Å². The molecule has 2 aromatic carbocycles. The number of carbonyl (C=O) groups is 3. The van der Waals surface area contributed by atoms with Gasteiger partial charge in [0, 0.05) is 66.2 Å². The van der Waals surface area contributed by atoms with Crippen LogP contribution >= 0.6 is 34.5 Å². The van der Waals surface area contributed by atoms with Gasteiger partial charge in [-0.05, 0) is 43.0 Å². The molecule has 6 rings (SSSR count). The minimum Gasteiger partial charge on any atom is -0.481 e. The van der Waals surface area contributed by atoms with E-state index in [0.29, 0.717) is 45.0 Å². The van der Waals surface area contributed by atoms with Crippen LogP contribution < -0.4 is 9.80 Å². The molecule has 2 aliphatic rings. The number of carbonyl (C=O) groups excluding carboxylic acids is 2. The number of piperidine rings is 1. The zero-order chi connectivity index (χ0) is 31.7. The fraction of sp³-hybridized carbons (Fsp3) is 0.394. The van der Waals surface area contributed by atoms with Gasteiger partial charge in [0.2, 0.25) is 0 Å². The van der Waals surface area contributed by atoms with Gasteiger partial charge in [-0.2, -0.15) is 9.47 Å². The highest BCUT2D eigenvalue weighted by Crippen LogP contribution is 2.41. The largest absolute Gasteiger partial charge is 0.481 e. The lowest BCUT2D eigenvalue weighted by molar-refractivity contribution is -0.137. The van der Waals surface area contributed by atoms with Crippen LogP contribution in [0.25, 0.3) is 10.9 Å². The Morgan fingerprint density at radius 3 is 2.64 bits per heavy atom. The van der Waals surface area contributed by atoms with E-state index in [1.807, 2.05) is 35.9 Å². The summed E-state index contributed by atoms with van der Waals surface area (Å²) in [5.41, 5.74) is 2.42. The number of carboxylic acids is 1.